The molecule has 0 spiro atoms. The van der Waals surface area contributed by atoms with Gasteiger partial charge in [0.2, 0.25) is 0 Å². The number of hydrogen-bond acceptors (Lipinski definition) is 3. The van der Waals surface area contributed by atoms with E-state index in [0.29, 0.717) is 10.0 Å². The van der Waals surface area contributed by atoms with Crippen molar-refractivity contribution >= 4 is 31.7 Å². The van der Waals surface area contributed by atoms with E-state index in [0.717, 1.165) is 0 Å². The first-order chi connectivity index (χ1) is 7.43. The highest BCUT2D eigenvalue weighted by Gasteiger charge is 2.51. The van der Waals surface area contributed by atoms with Gasteiger partial charge in [0, 0.05) is 4.47 Å². The quantitative estimate of drug-likeness (QED) is 0.901. The van der Waals surface area contributed by atoms with E-state index in [-0.39, 0.29) is 5.75 Å². The number of sulfone groups is 1. The normalized spacial score (nSPS) is 27.1. The maximum absolute atomic E-state index is 11.6. The Morgan fingerprint density at radius 1 is 1.38 bits per heavy atom. The molecular formula is C10H9BrO4S. The molecule has 1 saturated heterocycles. The van der Waals surface area contributed by atoms with Crippen LogP contribution in [0.2, 0.25) is 0 Å². The Bertz CT molecular complexity index is 538. The van der Waals surface area contributed by atoms with Gasteiger partial charge in [0.05, 0.1) is 11.7 Å². The van der Waals surface area contributed by atoms with Gasteiger partial charge in [-0.15, -0.1) is 0 Å². The molecule has 16 heavy (non-hydrogen) atoms. The lowest BCUT2D eigenvalue weighted by Gasteiger charge is -2.33. The third-order valence-electron chi connectivity index (χ3n) is 2.69. The van der Waals surface area contributed by atoms with Crippen molar-refractivity contribution in [2.24, 2.45) is 5.92 Å². The van der Waals surface area contributed by atoms with Crippen molar-refractivity contribution in [3.8, 4) is 0 Å². The maximum Gasteiger partial charge on any atom is 0.309 e. The topological polar surface area (TPSA) is 71.4 Å². The molecule has 0 radical (unpaired) electrons. The summed E-state index contributed by atoms with van der Waals surface area (Å²) in [6.07, 6.45) is 0. The molecule has 0 bridgehead atoms. The van der Waals surface area contributed by atoms with Crippen LogP contribution in [-0.4, -0.2) is 25.2 Å². The van der Waals surface area contributed by atoms with Crippen LogP contribution in [0.5, 0.6) is 0 Å². The van der Waals surface area contributed by atoms with Crippen LogP contribution in [0.25, 0.3) is 0 Å². The standard InChI is InChI=1S/C10H9BrO4S/c11-8-4-2-1-3-6(8)9-7(10(12)13)5-16(9,14)15/h1-4,7,9H,5H2,(H,12,13). The van der Waals surface area contributed by atoms with Gasteiger partial charge in [0.25, 0.3) is 0 Å². The lowest BCUT2D eigenvalue weighted by Crippen LogP contribution is -2.44. The van der Waals surface area contributed by atoms with Gasteiger partial charge in [-0.25, -0.2) is 8.42 Å². The zero-order valence-corrected chi connectivity index (χ0v) is 10.5. The van der Waals surface area contributed by atoms with E-state index in [1.807, 2.05) is 0 Å². The van der Waals surface area contributed by atoms with Gasteiger partial charge in [-0.1, -0.05) is 34.1 Å². The van der Waals surface area contributed by atoms with E-state index in [9.17, 15) is 13.2 Å². The summed E-state index contributed by atoms with van der Waals surface area (Å²) in [6, 6.07) is 6.81. The zero-order chi connectivity index (χ0) is 11.9. The minimum Gasteiger partial charge on any atom is -0.481 e. The zero-order valence-electron chi connectivity index (χ0n) is 8.13. The van der Waals surface area contributed by atoms with Gasteiger partial charge in [-0.3, -0.25) is 4.79 Å². The molecular weight excluding hydrogens is 296 g/mol. The molecule has 2 unspecified atom stereocenters. The molecule has 1 aliphatic heterocycles. The molecule has 0 amide bonds. The minimum atomic E-state index is -3.30. The Morgan fingerprint density at radius 2 is 2.00 bits per heavy atom. The highest BCUT2D eigenvalue weighted by molar-refractivity contribution is 9.10. The summed E-state index contributed by atoms with van der Waals surface area (Å²) in [6.45, 7) is 0. The van der Waals surface area contributed by atoms with Crippen LogP contribution in [0.4, 0.5) is 0 Å². The SMILES string of the molecule is O=C(O)C1CS(=O)(=O)C1c1ccccc1Br. The lowest BCUT2D eigenvalue weighted by atomic mass is 9.99. The average Bonchev–Trinajstić information content (AvgIpc) is 2.18. The second-order valence-electron chi connectivity index (χ2n) is 3.72. The molecule has 1 aromatic carbocycles. The Hall–Kier alpha value is -0.880. The second-order valence-corrected chi connectivity index (χ2v) is 6.74. The van der Waals surface area contributed by atoms with Crippen LogP contribution in [0.1, 0.15) is 10.8 Å². The van der Waals surface area contributed by atoms with Crippen molar-refractivity contribution in [1.82, 2.24) is 0 Å². The van der Waals surface area contributed by atoms with E-state index in [2.05, 4.69) is 15.9 Å². The molecule has 0 aliphatic carbocycles. The number of benzene rings is 1. The van der Waals surface area contributed by atoms with Crippen LogP contribution in [0, 0.1) is 5.92 Å². The third kappa shape index (κ3) is 1.76. The number of halogens is 1. The summed E-state index contributed by atoms with van der Waals surface area (Å²) in [5.41, 5.74) is 0.529. The first-order valence-corrected chi connectivity index (χ1v) is 7.13. The predicted molar refractivity (Wildman–Crippen MR) is 61.8 cm³/mol. The Morgan fingerprint density at radius 3 is 2.50 bits per heavy atom. The largest absolute Gasteiger partial charge is 0.481 e. The van der Waals surface area contributed by atoms with E-state index in [1.165, 1.54) is 0 Å². The number of carboxylic acid groups (broad SMARTS) is 1. The Labute approximate surface area is 101 Å². The minimum absolute atomic E-state index is 0.270. The third-order valence-corrected chi connectivity index (χ3v) is 5.60. The molecule has 0 saturated carbocycles. The predicted octanol–water partition coefficient (Wildman–Crippen LogP) is 1.62. The van der Waals surface area contributed by atoms with Crippen LogP contribution in [0.15, 0.2) is 28.7 Å². The average molecular weight is 305 g/mol. The lowest BCUT2D eigenvalue weighted by molar-refractivity contribution is -0.141. The van der Waals surface area contributed by atoms with E-state index >= 15 is 0 Å². The van der Waals surface area contributed by atoms with E-state index in [4.69, 9.17) is 5.11 Å². The molecule has 86 valence electrons. The fourth-order valence-electron chi connectivity index (χ4n) is 1.89. The van der Waals surface area contributed by atoms with Crippen molar-refractivity contribution in [2.45, 2.75) is 5.25 Å². The van der Waals surface area contributed by atoms with Crippen molar-refractivity contribution in [2.75, 3.05) is 5.75 Å². The fourth-order valence-corrected chi connectivity index (χ4v) is 4.56. The van der Waals surface area contributed by atoms with Gasteiger partial charge >= 0.3 is 5.97 Å². The fraction of sp³-hybridized carbons (Fsp3) is 0.300. The first-order valence-electron chi connectivity index (χ1n) is 4.62. The highest BCUT2D eigenvalue weighted by Crippen LogP contribution is 2.44. The summed E-state index contributed by atoms with van der Waals surface area (Å²) < 4.78 is 23.8. The van der Waals surface area contributed by atoms with Crippen molar-refractivity contribution in [3.05, 3.63) is 34.3 Å². The summed E-state index contributed by atoms with van der Waals surface area (Å²) >= 11 is 3.24. The van der Waals surface area contributed by atoms with Crippen LogP contribution < -0.4 is 0 Å². The van der Waals surface area contributed by atoms with Gasteiger partial charge < -0.3 is 5.11 Å². The maximum atomic E-state index is 11.6. The first kappa shape index (κ1) is 11.6. The monoisotopic (exact) mass is 304 g/mol. The summed E-state index contributed by atoms with van der Waals surface area (Å²) in [7, 11) is -3.30. The van der Waals surface area contributed by atoms with Crippen molar-refractivity contribution in [3.63, 3.8) is 0 Å². The summed E-state index contributed by atoms with van der Waals surface area (Å²) in [4.78, 5) is 10.9. The van der Waals surface area contributed by atoms with Gasteiger partial charge in [0.15, 0.2) is 9.84 Å². The smallest absolute Gasteiger partial charge is 0.309 e. The van der Waals surface area contributed by atoms with Gasteiger partial charge in [-0.2, -0.15) is 0 Å². The Kier molecular flexibility index (Phi) is 2.79. The highest BCUT2D eigenvalue weighted by atomic mass is 79.9. The molecule has 6 heteroatoms. The van der Waals surface area contributed by atoms with Crippen LogP contribution >= 0.6 is 15.9 Å². The number of carbonyl (C=O) groups is 1. The molecule has 0 aromatic heterocycles. The molecule has 1 fully saturated rings. The number of hydrogen-bond donors (Lipinski definition) is 1. The molecule has 2 atom stereocenters. The van der Waals surface area contributed by atoms with Gasteiger partial charge in [-0.05, 0) is 11.6 Å². The summed E-state index contributed by atoms with van der Waals surface area (Å²) in [5.74, 6) is -2.16. The molecule has 1 aromatic rings. The van der Waals surface area contributed by atoms with E-state index in [1.54, 1.807) is 24.3 Å². The van der Waals surface area contributed by atoms with Crippen LogP contribution in [0.3, 0.4) is 0 Å². The number of carboxylic acids is 1. The van der Waals surface area contributed by atoms with Crippen molar-refractivity contribution in [1.29, 1.82) is 0 Å². The molecule has 2 rings (SSSR count). The molecule has 1 N–H and O–H groups in total. The van der Waals surface area contributed by atoms with Crippen LogP contribution in [-0.2, 0) is 14.6 Å². The molecule has 1 heterocycles. The summed E-state index contributed by atoms with van der Waals surface area (Å²) in [5, 5.41) is 7.99. The van der Waals surface area contributed by atoms with E-state index < -0.39 is 27.0 Å². The Balaban J connectivity index is 2.46. The second kappa shape index (κ2) is 3.85. The number of rotatable bonds is 2. The number of aliphatic carboxylic acids is 1. The van der Waals surface area contributed by atoms with Gasteiger partial charge in [0.1, 0.15) is 5.25 Å². The molecule has 4 nitrogen and oxygen atoms in total. The van der Waals surface area contributed by atoms with Crippen molar-refractivity contribution < 1.29 is 18.3 Å². The molecule has 1 aliphatic rings.